The Bertz CT molecular complexity index is 186. The van der Waals surface area contributed by atoms with Crippen LogP contribution in [0.1, 0.15) is 20.8 Å². The van der Waals surface area contributed by atoms with Gasteiger partial charge in [0.1, 0.15) is 0 Å². The Morgan fingerprint density at radius 2 is 1.91 bits per heavy atom. The van der Waals surface area contributed by atoms with Crippen LogP contribution in [0.4, 0.5) is 0 Å². The normalized spacial score (nSPS) is 13.9. The van der Waals surface area contributed by atoms with E-state index in [-0.39, 0.29) is 5.41 Å². The molecular formula is C5H12N6. The first kappa shape index (κ1) is 9.67. The molecule has 0 saturated carbocycles. The van der Waals surface area contributed by atoms with Gasteiger partial charge in [0.15, 0.2) is 5.84 Å². The average molecular weight is 156 g/mol. The van der Waals surface area contributed by atoms with Gasteiger partial charge >= 0.3 is 0 Å². The molecule has 0 heterocycles. The van der Waals surface area contributed by atoms with Crippen LogP contribution in [-0.4, -0.2) is 5.84 Å². The van der Waals surface area contributed by atoms with E-state index in [1.54, 1.807) is 0 Å². The number of rotatable bonds is 1. The lowest BCUT2D eigenvalue weighted by Crippen LogP contribution is -2.19. The van der Waals surface area contributed by atoms with E-state index < -0.39 is 0 Å². The third kappa shape index (κ3) is 3.39. The van der Waals surface area contributed by atoms with Gasteiger partial charge in [-0.3, -0.25) is 0 Å². The Hall–Kier alpha value is -1.33. The lowest BCUT2D eigenvalue weighted by molar-refractivity contribution is 0.577. The minimum atomic E-state index is -0.261. The zero-order chi connectivity index (χ0) is 8.91. The molecule has 0 saturated heterocycles. The predicted molar refractivity (Wildman–Crippen MR) is 41.1 cm³/mol. The van der Waals surface area contributed by atoms with Crippen LogP contribution in [0, 0.1) is 10.9 Å². The molecule has 3 N–H and O–H groups in total. The molecule has 6 nitrogen and oxygen atoms in total. The molecule has 0 unspecified atom stereocenters. The van der Waals surface area contributed by atoms with Crippen molar-refractivity contribution in [2.45, 2.75) is 20.8 Å². The number of nitrogens with two attached hydrogens (primary N) is 1. The maximum Gasteiger partial charge on any atom is 0.177 e. The fourth-order valence-electron chi connectivity index (χ4n) is 0.434. The van der Waals surface area contributed by atoms with Gasteiger partial charge in [-0.1, -0.05) is 20.8 Å². The zero-order valence-electron chi connectivity index (χ0n) is 6.87. The van der Waals surface area contributed by atoms with E-state index in [0.717, 1.165) is 0 Å². The number of hydrogen-bond acceptors (Lipinski definition) is 3. The van der Waals surface area contributed by atoms with Gasteiger partial charge in [0, 0.05) is 5.41 Å². The highest BCUT2D eigenvalue weighted by Gasteiger charge is 2.18. The molecule has 0 radical (unpaired) electrons. The molecule has 0 aliphatic heterocycles. The number of nitrogens with zero attached hydrogens (tertiary/aromatic N) is 4. The summed E-state index contributed by atoms with van der Waals surface area (Å²) in [5, 5.41) is 12.8. The Morgan fingerprint density at radius 1 is 1.36 bits per heavy atom. The van der Waals surface area contributed by atoms with Gasteiger partial charge in [-0.25, -0.2) is 0 Å². The summed E-state index contributed by atoms with van der Waals surface area (Å²) < 4.78 is 0. The second kappa shape index (κ2) is 3.75. The van der Waals surface area contributed by atoms with E-state index in [2.05, 4.69) is 20.7 Å². The molecule has 0 amide bonds. The van der Waals surface area contributed by atoms with Crippen LogP contribution in [0.25, 0.3) is 0 Å². The van der Waals surface area contributed by atoms with Crippen LogP contribution < -0.4 is 5.84 Å². The van der Waals surface area contributed by atoms with Crippen LogP contribution >= 0.6 is 0 Å². The largest absolute Gasteiger partial charge is 0.321 e. The van der Waals surface area contributed by atoms with Crippen molar-refractivity contribution in [1.82, 2.24) is 0 Å². The minimum Gasteiger partial charge on any atom is -0.321 e. The Kier molecular flexibility index (Phi) is 3.29. The van der Waals surface area contributed by atoms with Gasteiger partial charge in [-0.05, 0) is 10.4 Å². The molecule has 0 aromatic carbocycles. The monoisotopic (exact) mass is 156 g/mol. The van der Waals surface area contributed by atoms with Crippen molar-refractivity contribution in [1.29, 1.82) is 5.53 Å². The molecule has 0 aliphatic carbocycles. The van der Waals surface area contributed by atoms with Crippen molar-refractivity contribution in [3.63, 3.8) is 0 Å². The van der Waals surface area contributed by atoms with E-state index >= 15 is 0 Å². The van der Waals surface area contributed by atoms with Gasteiger partial charge in [-0.15, -0.1) is 5.11 Å². The van der Waals surface area contributed by atoms with Crippen molar-refractivity contribution in [3.8, 4) is 0 Å². The molecule has 0 aromatic rings. The summed E-state index contributed by atoms with van der Waals surface area (Å²) in [5.41, 5.74) is 6.08. The van der Waals surface area contributed by atoms with Gasteiger partial charge in [-0.2, -0.15) is 10.6 Å². The molecular weight excluding hydrogens is 144 g/mol. The topological polar surface area (TPSA) is 99.3 Å². The van der Waals surface area contributed by atoms with Gasteiger partial charge in [0.25, 0.3) is 0 Å². The minimum absolute atomic E-state index is 0.261. The molecule has 0 atom stereocenters. The van der Waals surface area contributed by atoms with Gasteiger partial charge in [0.2, 0.25) is 0 Å². The van der Waals surface area contributed by atoms with Crippen molar-refractivity contribution >= 4 is 5.84 Å². The second-order valence-corrected chi connectivity index (χ2v) is 2.99. The second-order valence-electron chi connectivity index (χ2n) is 2.99. The average Bonchev–Trinajstić information content (AvgIpc) is 1.87. The maximum absolute atomic E-state index is 6.34. The molecule has 6 heteroatoms. The number of nitrogens with one attached hydrogen (secondary N) is 1. The smallest absolute Gasteiger partial charge is 0.177 e. The molecule has 0 aliphatic rings. The Labute approximate surface area is 65.1 Å². The predicted octanol–water partition coefficient (Wildman–Crippen LogP) is 1.70. The highest BCUT2D eigenvalue weighted by molar-refractivity contribution is 5.87. The summed E-state index contributed by atoms with van der Waals surface area (Å²) >= 11 is 0. The lowest BCUT2D eigenvalue weighted by Gasteiger charge is -2.14. The highest BCUT2D eigenvalue weighted by atomic mass is 15.4. The van der Waals surface area contributed by atoms with Crippen LogP contribution in [0.2, 0.25) is 0 Å². The van der Waals surface area contributed by atoms with E-state index in [9.17, 15) is 0 Å². The molecule has 0 bridgehead atoms. The van der Waals surface area contributed by atoms with E-state index in [1.807, 2.05) is 20.8 Å². The summed E-state index contributed by atoms with van der Waals surface area (Å²) in [6, 6.07) is 0. The van der Waals surface area contributed by atoms with Crippen LogP contribution in [0.3, 0.4) is 0 Å². The quantitative estimate of drug-likeness (QED) is 0.195. The summed E-state index contributed by atoms with van der Waals surface area (Å²) in [6.45, 7) is 5.67. The zero-order valence-corrected chi connectivity index (χ0v) is 6.87. The summed E-state index contributed by atoms with van der Waals surface area (Å²) in [5.74, 6) is 5.40. The van der Waals surface area contributed by atoms with Crippen molar-refractivity contribution < 1.29 is 0 Å². The Morgan fingerprint density at radius 3 is 2.18 bits per heavy atom. The molecule has 62 valence electrons. The van der Waals surface area contributed by atoms with E-state index in [1.165, 1.54) is 0 Å². The Balaban J connectivity index is 4.45. The number of hydrogen-bond donors (Lipinski definition) is 2. The van der Waals surface area contributed by atoms with E-state index in [0.29, 0.717) is 5.84 Å². The maximum atomic E-state index is 6.34. The molecule has 0 fully saturated rings. The van der Waals surface area contributed by atoms with Crippen LogP contribution in [0.15, 0.2) is 20.7 Å². The third-order valence-electron chi connectivity index (χ3n) is 0.977. The molecule has 0 spiro atoms. The van der Waals surface area contributed by atoms with Crippen LogP contribution in [0.5, 0.6) is 0 Å². The highest BCUT2D eigenvalue weighted by Crippen LogP contribution is 2.16. The number of hydrazone groups is 1. The van der Waals surface area contributed by atoms with Crippen LogP contribution in [-0.2, 0) is 0 Å². The number of amidine groups is 1. The fourth-order valence-corrected chi connectivity index (χ4v) is 0.434. The fraction of sp³-hybridized carbons (Fsp3) is 0.800. The first-order valence-electron chi connectivity index (χ1n) is 3.08. The first-order chi connectivity index (χ1) is 5.02. The summed E-state index contributed by atoms with van der Waals surface area (Å²) in [6.07, 6.45) is 0. The van der Waals surface area contributed by atoms with E-state index in [4.69, 9.17) is 11.4 Å². The van der Waals surface area contributed by atoms with Crippen molar-refractivity contribution in [2.24, 2.45) is 31.9 Å². The molecule has 0 rings (SSSR count). The van der Waals surface area contributed by atoms with Crippen molar-refractivity contribution in [2.75, 3.05) is 0 Å². The SMILES string of the molecule is CC(C)(C)C(N=NN=N)=NN. The first-order valence-corrected chi connectivity index (χ1v) is 3.08. The lowest BCUT2D eigenvalue weighted by atomic mass is 9.96. The molecule has 0 aromatic heterocycles. The summed E-state index contributed by atoms with van der Waals surface area (Å²) in [7, 11) is 0. The van der Waals surface area contributed by atoms with Gasteiger partial charge < -0.3 is 5.84 Å². The third-order valence-corrected chi connectivity index (χ3v) is 0.977. The summed E-state index contributed by atoms with van der Waals surface area (Å²) in [4.78, 5) is 0. The van der Waals surface area contributed by atoms with Gasteiger partial charge in [0.05, 0.1) is 0 Å². The standard InChI is InChI=1S/C5H12N6/c1-5(2,3)4(8-6)9-11-10-7/h7H,6H2,1-3H3. The molecule has 11 heavy (non-hydrogen) atoms. The van der Waals surface area contributed by atoms with Crippen molar-refractivity contribution in [3.05, 3.63) is 0 Å².